The maximum Gasteiger partial charge on any atom is 0.472 e. The van der Waals surface area contributed by atoms with Crippen molar-refractivity contribution >= 4 is 13.7 Å². The Balaban J connectivity index is 4.26. The van der Waals surface area contributed by atoms with Gasteiger partial charge in [-0.2, -0.15) is 0 Å². The maximum atomic E-state index is 13.0. The van der Waals surface area contributed by atoms with Crippen LogP contribution in [0.5, 0.6) is 0 Å². The smallest absolute Gasteiger partial charge is 0.387 e. The lowest BCUT2D eigenvalue weighted by molar-refractivity contribution is -0.870. The van der Waals surface area contributed by atoms with Crippen LogP contribution in [0, 0.1) is 0 Å². The van der Waals surface area contributed by atoms with Gasteiger partial charge in [-0.15, -0.1) is 0 Å². The molecule has 3 N–H and O–H groups in total. The number of rotatable bonds is 55. The average molecular weight is 1050 g/mol. The molecule has 0 saturated heterocycles. The van der Waals surface area contributed by atoms with Crippen LogP contribution in [0.2, 0.25) is 0 Å². The summed E-state index contributed by atoms with van der Waals surface area (Å²) in [5.41, 5.74) is 0. The monoisotopic (exact) mass is 1050 g/mol. The van der Waals surface area contributed by atoms with E-state index in [2.05, 4.69) is 104 Å². The summed E-state index contributed by atoms with van der Waals surface area (Å²) < 4.78 is 23.7. The molecule has 0 aromatic carbocycles. The minimum absolute atomic E-state index is 0.0442. The van der Waals surface area contributed by atoms with Crippen molar-refractivity contribution in [2.45, 2.75) is 270 Å². The molecule has 3 atom stereocenters. The van der Waals surface area contributed by atoms with Crippen LogP contribution in [0.3, 0.4) is 0 Å². The van der Waals surface area contributed by atoms with Gasteiger partial charge in [0, 0.05) is 6.42 Å². The zero-order valence-electron chi connectivity index (χ0n) is 48.8. The summed E-state index contributed by atoms with van der Waals surface area (Å²) in [6.45, 7) is 4.67. The minimum Gasteiger partial charge on any atom is -0.387 e. The van der Waals surface area contributed by atoms with Gasteiger partial charge in [0.1, 0.15) is 13.2 Å². The number of carbonyl (C=O) groups excluding carboxylic acids is 1. The molecule has 0 aromatic rings. The van der Waals surface area contributed by atoms with E-state index in [4.69, 9.17) is 9.05 Å². The zero-order valence-corrected chi connectivity index (χ0v) is 49.7. The van der Waals surface area contributed by atoms with Crippen LogP contribution in [0.4, 0.5) is 0 Å². The summed E-state index contributed by atoms with van der Waals surface area (Å²) in [4.78, 5) is 23.3. The lowest BCUT2D eigenvalue weighted by atomic mass is 10.0. The number of aliphatic hydroxyl groups is 1. The number of nitrogens with zero attached hydrogens (tertiary/aromatic N) is 1. The second kappa shape index (κ2) is 55.2. The second-order valence-electron chi connectivity index (χ2n) is 21.7. The van der Waals surface area contributed by atoms with Crippen molar-refractivity contribution < 1.29 is 32.9 Å². The standard InChI is InChI=1S/C65H117N2O6P/c1-6-8-10-12-14-16-18-20-22-24-26-28-29-30-31-32-33-34-35-36-37-39-40-42-44-46-48-50-52-54-56-58-64(68)63(62-73-74(70,71)72-61-60-67(3,4)5)66-65(69)59-57-55-53-51-49-47-45-43-41-38-27-25-23-21-19-17-15-13-11-9-7-2/h9,11,15,17,21,23,27,38,40,42-43,45,48,50,56,58,63-64,68H,6-8,10,12-14,16,18-20,22,24-26,28-37,39,41,44,46-47,49,51-55,57,59-62H2,1-5H3,(H-,66,69,70,71)/p+1/b11-9-,17-15-,23-21-,38-27-,42-40+,45-43-,50-48+,58-56+. The lowest BCUT2D eigenvalue weighted by Gasteiger charge is -2.25. The van der Waals surface area contributed by atoms with Crippen LogP contribution < -0.4 is 5.32 Å². The fourth-order valence-corrected chi connectivity index (χ4v) is 9.25. The first-order valence-electron chi connectivity index (χ1n) is 30.6. The molecular weight excluding hydrogens is 936 g/mol. The van der Waals surface area contributed by atoms with Crippen molar-refractivity contribution in [1.29, 1.82) is 0 Å². The number of phosphoric acid groups is 1. The summed E-state index contributed by atoms with van der Waals surface area (Å²) in [5, 5.41) is 13.9. The minimum atomic E-state index is -4.37. The van der Waals surface area contributed by atoms with Crippen molar-refractivity contribution in [2.24, 2.45) is 0 Å². The van der Waals surface area contributed by atoms with Gasteiger partial charge in [0.05, 0.1) is 39.9 Å². The van der Waals surface area contributed by atoms with Gasteiger partial charge in [0.15, 0.2) is 0 Å². The highest BCUT2D eigenvalue weighted by Gasteiger charge is 2.27. The van der Waals surface area contributed by atoms with E-state index in [1.54, 1.807) is 6.08 Å². The fraction of sp³-hybridized carbons (Fsp3) is 0.738. The molecule has 3 unspecified atom stereocenters. The van der Waals surface area contributed by atoms with Crippen LogP contribution in [0.1, 0.15) is 258 Å². The molecule has 0 saturated carbocycles. The molecule has 8 nitrogen and oxygen atoms in total. The van der Waals surface area contributed by atoms with Gasteiger partial charge < -0.3 is 19.8 Å². The van der Waals surface area contributed by atoms with Gasteiger partial charge in [0.2, 0.25) is 5.91 Å². The van der Waals surface area contributed by atoms with Crippen molar-refractivity contribution in [1.82, 2.24) is 5.32 Å². The zero-order chi connectivity index (χ0) is 54.2. The number of allylic oxidation sites excluding steroid dienone is 15. The second-order valence-corrected chi connectivity index (χ2v) is 23.1. The molecule has 0 fully saturated rings. The third kappa shape index (κ3) is 57.1. The van der Waals surface area contributed by atoms with Crippen LogP contribution in [-0.2, 0) is 18.4 Å². The Kier molecular flexibility index (Phi) is 53.3. The highest BCUT2D eigenvalue weighted by molar-refractivity contribution is 7.47. The van der Waals surface area contributed by atoms with Gasteiger partial charge in [-0.3, -0.25) is 13.8 Å². The Hall–Kier alpha value is -2.58. The maximum absolute atomic E-state index is 13.0. The van der Waals surface area contributed by atoms with E-state index in [0.29, 0.717) is 17.4 Å². The number of unbranched alkanes of at least 4 members (excludes halogenated alkanes) is 28. The summed E-state index contributed by atoms with van der Waals surface area (Å²) in [6.07, 6.45) is 79.6. The summed E-state index contributed by atoms with van der Waals surface area (Å²) in [5.74, 6) is -0.212. The molecule has 0 rings (SSSR count). The van der Waals surface area contributed by atoms with E-state index >= 15 is 0 Å². The van der Waals surface area contributed by atoms with E-state index in [9.17, 15) is 19.4 Å². The Labute approximate surface area is 458 Å². The molecule has 0 spiro atoms. The van der Waals surface area contributed by atoms with Crippen LogP contribution in [0.25, 0.3) is 0 Å². The van der Waals surface area contributed by atoms with Crippen molar-refractivity contribution in [3.8, 4) is 0 Å². The Morgan fingerprint density at radius 1 is 0.473 bits per heavy atom. The number of nitrogens with one attached hydrogen (secondary N) is 1. The van der Waals surface area contributed by atoms with Gasteiger partial charge in [-0.25, -0.2) is 4.57 Å². The van der Waals surface area contributed by atoms with Crippen molar-refractivity contribution in [3.63, 3.8) is 0 Å². The number of phosphoric ester groups is 1. The molecule has 1 amide bonds. The molecule has 0 heterocycles. The van der Waals surface area contributed by atoms with Gasteiger partial charge in [-0.05, 0) is 89.9 Å². The van der Waals surface area contributed by atoms with Crippen molar-refractivity contribution in [2.75, 3.05) is 40.9 Å². The highest BCUT2D eigenvalue weighted by atomic mass is 31.2. The predicted octanol–water partition coefficient (Wildman–Crippen LogP) is 19.0. The van der Waals surface area contributed by atoms with Crippen LogP contribution >= 0.6 is 7.82 Å². The number of carbonyl (C=O) groups is 1. The molecule has 0 aliphatic rings. The number of likely N-dealkylation sites (N-methyl/N-ethyl adjacent to an activating group) is 1. The molecule has 0 bridgehead atoms. The number of hydrogen-bond donors (Lipinski definition) is 3. The van der Waals surface area contributed by atoms with Crippen molar-refractivity contribution in [3.05, 3.63) is 97.2 Å². The quantitative estimate of drug-likeness (QED) is 0.0243. The summed E-state index contributed by atoms with van der Waals surface area (Å²) >= 11 is 0. The fourth-order valence-electron chi connectivity index (χ4n) is 8.51. The number of amides is 1. The Morgan fingerprint density at radius 3 is 1.24 bits per heavy atom. The number of hydrogen-bond acceptors (Lipinski definition) is 5. The first-order chi connectivity index (χ1) is 36.0. The SMILES string of the molecule is CC/C=C\C/C=C\C/C=C\C/C=C\C/C=C\CCCCCCCC(=O)NC(COP(=O)(O)OCC[N+](C)(C)C)C(O)/C=C/CC/C=C/CC/C=C/CCCCCCCCCCCCCCCCCCCCCCC. The topological polar surface area (TPSA) is 105 Å². The first-order valence-corrected chi connectivity index (χ1v) is 32.1. The normalized spacial score (nSPS) is 14.5. The Bertz CT molecular complexity index is 1520. The lowest BCUT2D eigenvalue weighted by Crippen LogP contribution is -2.45. The number of quaternary nitrogens is 1. The molecule has 0 aliphatic heterocycles. The largest absolute Gasteiger partial charge is 0.472 e. The molecule has 0 aromatic heterocycles. The van der Waals surface area contributed by atoms with Gasteiger partial charge in [-0.1, -0.05) is 259 Å². The molecule has 0 aliphatic carbocycles. The highest BCUT2D eigenvalue weighted by Crippen LogP contribution is 2.43. The van der Waals surface area contributed by atoms with Crippen LogP contribution in [0.15, 0.2) is 97.2 Å². The number of aliphatic hydroxyl groups excluding tert-OH is 1. The molecule has 9 heteroatoms. The van der Waals surface area contributed by atoms with E-state index < -0.39 is 20.0 Å². The van der Waals surface area contributed by atoms with E-state index in [1.807, 2.05) is 27.2 Å². The van der Waals surface area contributed by atoms with Gasteiger partial charge in [0.25, 0.3) is 0 Å². The summed E-state index contributed by atoms with van der Waals surface area (Å²) in [6, 6.07) is -0.888. The van der Waals surface area contributed by atoms with E-state index in [1.165, 1.54) is 141 Å². The van der Waals surface area contributed by atoms with E-state index in [-0.39, 0.29) is 19.1 Å². The predicted molar refractivity (Wildman–Crippen MR) is 322 cm³/mol. The summed E-state index contributed by atoms with van der Waals surface area (Å²) in [7, 11) is 1.52. The van der Waals surface area contributed by atoms with Crippen LogP contribution in [-0.4, -0.2) is 73.4 Å². The van der Waals surface area contributed by atoms with E-state index in [0.717, 1.165) is 96.3 Å². The molecular formula is C65H118N2O6P+. The first kappa shape index (κ1) is 71.4. The molecule has 428 valence electrons. The molecule has 74 heavy (non-hydrogen) atoms. The average Bonchev–Trinajstić information content (AvgIpc) is 3.36. The third-order valence-corrected chi connectivity index (χ3v) is 14.2. The Morgan fingerprint density at radius 2 is 0.824 bits per heavy atom. The third-order valence-electron chi connectivity index (χ3n) is 13.3. The van der Waals surface area contributed by atoms with Gasteiger partial charge >= 0.3 is 7.82 Å². The molecule has 0 radical (unpaired) electrons.